The maximum Gasteiger partial charge on any atom is 0.151 e. The van der Waals surface area contributed by atoms with Gasteiger partial charge in [-0.3, -0.25) is 0 Å². The summed E-state index contributed by atoms with van der Waals surface area (Å²) in [7, 11) is 0. The maximum absolute atomic E-state index is 6.41. The van der Waals surface area contributed by atoms with Crippen molar-refractivity contribution in [2.45, 2.75) is 13.8 Å². The molecule has 0 spiro atoms. The Morgan fingerprint density at radius 3 is 1.60 bits per heavy atom. The molecule has 3 heterocycles. The van der Waals surface area contributed by atoms with E-state index in [0.717, 1.165) is 28.6 Å². The fourth-order valence-corrected chi connectivity index (χ4v) is 5.87. The Morgan fingerprint density at radius 2 is 1.06 bits per heavy atom. The number of rotatable bonds is 1. The monoisotopic (exact) mass is 450 g/mol. The Hall–Kier alpha value is -4.50. The molecule has 8 rings (SSSR count). The average molecular weight is 451 g/mol. The predicted octanol–water partition coefficient (Wildman–Crippen LogP) is 9.03. The molecule has 3 heteroatoms. The van der Waals surface area contributed by atoms with Crippen molar-refractivity contribution in [1.82, 2.24) is 4.40 Å². The van der Waals surface area contributed by atoms with Gasteiger partial charge in [-0.25, -0.2) is 0 Å². The summed E-state index contributed by atoms with van der Waals surface area (Å²) in [6.07, 6.45) is 0. The van der Waals surface area contributed by atoms with Gasteiger partial charge in [0.05, 0.1) is 27.9 Å². The first-order valence-corrected chi connectivity index (χ1v) is 12.0. The number of hydrogen-bond donors (Lipinski definition) is 0. The number of aromatic nitrogens is 1. The zero-order valence-corrected chi connectivity index (χ0v) is 19.5. The number of fused-ring (bicyclic) bond motifs is 8. The second kappa shape index (κ2) is 6.55. The zero-order valence-electron chi connectivity index (χ0n) is 19.5. The molecule has 166 valence electrons. The summed E-state index contributed by atoms with van der Waals surface area (Å²) in [6, 6.07) is 35.1. The lowest BCUT2D eigenvalue weighted by atomic mass is 10.0. The van der Waals surface area contributed by atoms with Crippen LogP contribution < -0.4 is 9.64 Å². The van der Waals surface area contributed by atoms with Crippen LogP contribution >= 0.6 is 0 Å². The van der Waals surface area contributed by atoms with Crippen LogP contribution in [0.15, 0.2) is 97.1 Å². The van der Waals surface area contributed by atoms with E-state index in [-0.39, 0.29) is 0 Å². The van der Waals surface area contributed by atoms with Gasteiger partial charge in [0.2, 0.25) is 0 Å². The van der Waals surface area contributed by atoms with E-state index in [1.165, 1.54) is 49.2 Å². The van der Waals surface area contributed by atoms with Gasteiger partial charge >= 0.3 is 0 Å². The van der Waals surface area contributed by atoms with Gasteiger partial charge in [-0.2, -0.15) is 0 Å². The number of benzene rings is 5. The molecule has 0 atom stereocenters. The van der Waals surface area contributed by atoms with Gasteiger partial charge in [0.1, 0.15) is 0 Å². The molecule has 0 radical (unpaired) electrons. The van der Waals surface area contributed by atoms with Crippen molar-refractivity contribution >= 4 is 55.2 Å². The standard InChI is InChI=1S/C32H22N2O/c1-19-11-13-28-30(15-19)35-31-16-20(2)12-14-29(31)33(28)21-17-24-22-7-3-5-9-26(22)34-27-10-6-4-8-23(27)25(18-21)32(24)34/h3-18H,1-2H3. The SMILES string of the molecule is Cc1ccc2c(c1)Oc1cc(C)ccc1N2c1cc2c3ccccc3n3c4ccccc4c(c1)c23. The average Bonchev–Trinajstić information content (AvgIpc) is 3.38. The Kier molecular flexibility index (Phi) is 3.53. The summed E-state index contributed by atoms with van der Waals surface area (Å²) in [5.41, 5.74) is 9.43. The van der Waals surface area contributed by atoms with Crippen LogP contribution in [0.1, 0.15) is 11.1 Å². The third-order valence-corrected chi connectivity index (χ3v) is 7.38. The van der Waals surface area contributed by atoms with E-state index >= 15 is 0 Å². The van der Waals surface area contributed by atoms with Crippen molar-refractivity contribution in [3.63, 3.8) is 0 Å². The third kappa shape index (κ3) is 2.45. The molecule has 7 aromatic rings. The van der Waals surface area contributed by atoms with E-state index in [0.29, 0.717) is 0 Å². The van der Waals surface area contributed by atoms with E-state index in [1.807, 2.05) is 0 Å². The summed E-state index contributed by atoms with van der Waals surface area (Å²) in [4.78, 5) is 2.36. The fourth-order valence-electron chi connectivity index (χ4n) is 5.87. The van der Waals surface area contributed by atoms with Crippen molar-refractivity contribution < 1.29 is 4.74 Å². The second-order valence-corrected chi connectivity index (χ2v) is 9.64. The number of ether oxygens (including phenoxy) is 1. The minimum atomic E-state index is 0.891. The minimum Gasteiger partial charge on any atom is -0.453 e. The quantitative estimate of drug-likeness (QED) is 0.248. The molecule has 0 unspecified atom stereocenters. The summed E-state index contributed by atoms with van der Waals surface area (Å²) in [5.74, 6) is 1.78. The van der Waals surface area contributed by atoms with Gasteiger partial charge in [0.15, 0.2) is 11.5 Å². The van der Waals surface area contributed by atoms with Gasteiger partial charge in [-0.05, 0) is 73.5 Å². The molecule has 0 N–H and O–H groups in total. The van der Waals surface area contributed by atoms with Crippen LogP contribution in [0.25, 0.3) is 38.1 Å². The molecular formula is C32H22N2O. The van der Waals surface area contributed by atoms with E-state index in [1.54, 1.807) is 0 Å². The van der Waals surface area contributed by atoms with Crippen LogP contribution in [-0.2, 0) is 0 Å². The molecule has 0 saturated heterocycles. The van der Waals surface area contributed by atoms with Gasteiger partial charge in [-0.15, -0.1) is 0 Å². The van der Waals surface area contributed by atoms with E-state index in [9.17, 15) is 0 Å². The first kappa shape index (κ1) is 18.9. The number of para-hydroxylation sites is 2. The molecule has 0 aliphatic carbocycles. The molecule has 3 nitrogen and oxygen atoms in total. The zero-order chi connectivity index (χ0) is 23.3. The fraction of sp³-hybridized carbons (Fsp3) is 0.0625. The first-order valence-electron chi connectivity index (χ1n) is 12.0. The molecule has 5 aromatic carbocycles. The van der Waals surface area contributed by atoms with Gasteiger partial charge < -0.3 is 14.0 Å². The van der Waals surface area contributed by atoms with Crippen LogP contribution in [0.3, 0.4) is 0 Å². The highest BCUT2D eigenvalue weighted by Gasteiger charge is 2.28. The van der Waals surface area contributed by atoms with Crippen molar-refractivity contribution in [3.8, 4) is 11.5 Å². The molecule has 0 bridgehead atoms. The number of nitrogens with zero attached hydrogens (tertiary/aromatic N) is 2. The number of aryl methyl sites for hydroxylation is 2. The lowest BCUT2D eigenvalue weighted by Crippen LogP contribution is -2.16. The highest BCUT2D eigenvalue weighted by molar-refractivity contribution is 6.24. The Bertz CT molecular complexity index is 1830. The lowest BCUT2D eigenvalue weighted by molar-refractivity contribution is 0.476. The summed E-state index contributed by atoms with van der Waals surface area (Å²) in [5, 5.41) is 5.11. The first-order chi connectivity index (χ1) is 17.2. The molecule has 35 heavy (non-hydrogen) atoms. The largest absolute Gasteiger partial charge is 0.453 e. The van der Waals surface area contributed by atoms with Crippen molar-refractivity contribution in [3.05, 3.63) is 108 Å². The van der Waals surface area contributed by atoms with Gasteiger partial charge in [0.25, 0.3) is 0 Å². The van der Waals surface area contributed by atoms with Crippen molar-refractivity contribution in [2.75, 3.05) is 4.90 Å². The number of anilines is 3. The maximum atomic E-state index is 6.41. The van der Waals surface area contributed by atoms with Gasteiger partial charge in [0, 0.05) is 27.2 Å². The molecule has 2 aromatic heterocycles. The molecule has 1 aliphatic heterocycles. The smallest absolute Gasteiger partial charge is 0.151 e. The summed E-state index contributed by atoms with van der Waals surface area (Å²) < 4.78 is 8.83. The Morgan fingerprint density at radius 1 is 0.543 bits per heavy atom. The number of hydrogen-bond acceptors (Lipinski definition) is 2. The van der Waals surface area contributed by atoms with Crippen LogP contribution in [0.5, 0.6) is 11.5 Å². The highest BCUT2D eigenvalue weighted by atomic mass is 16.5. The predicted molar refractivity (Wildman–Crippen MR) is 145 cm³/mol. The third-order valence-electron chi connectivity index (χ3n) is 7.38. The van der Waals surface area contributed by atoms with Gasteiger partial charge in [-0.1, -0.05) is 48.5 Å². The van der Waals surface area contributed by atoms with Crippen molar-refractivity contribution in [1.29, 1.82) is 0 Å². The van der Waals surface area contributed by atoms with Crippen LogP contribution in [0.2, 0.25) is 0 Å². The topological polar surface area (TPSA) is 16.9 Å². The normalized spacial score (nSPS) is 13.0. The van der Waals surface area contributed by atoms with E-state index in [2.05, 4.69) is 120 Å². The minimum absolute atomic E-state index is 0.891. The summed E-state index contributed by atoms with van der Waals surface area (Å²) in [6.45, 7) is 4.22. The Balaban J connectivity index is 1.52. The molecule has 0 saturated carbocycles. The molecule has 0 amide bonds. The second-order valence-electron chi connectivity index (χ2n) is 9.64. The van der Waals surface area contributed by atoms with E-state index < -0.39 is 0 Å². The van der Waals surface area contributed by atoms with Crippen LogP contribution in [0, 0.1) is 13.8 Å². The van der Waals surface area contributed by atoms with Crippen molar-refractivity contribution in [2.24, 2.45) is 0 Å². The molecule has 0 fully saturated rings. The molecular weight excluding hydrogens is 428 g/mol. The highest BCUT2D eigenvalue weighted by Crippen LogP contribution is 2.52. The van der Waals surface area contributed by atoms with E-state index in [4.69, 9.17) is 4.74 Å². The van der Waals surface area contributed by atoms with Crippen LogP contribution in [0.4, 0.5) is 17.1 Å². The lowest BCUT2D eigenvalue weighted by Gasteiger charge is -2.33. The van der Waals surface area contributed by atoms with Crippen LogP contribution in [-0.4, -0.2) is 4.40 Å². The Labute approximate surface area is 202 Å². The summed E-state index contributed by atoms with van der Waals surface area (Å²) >= 11 is 0. The molecule has 1 aliphatic rings.